The van der Waals surface area contributed by atoms with Crippen LogP contribution in [0.4, 0.5) is 0 Å². The van der Waals surface area contributed by atoms with Gasteiger partial charge in [-0.3, -0.25) is 4.79 Å². The van der Waals surface area contributed by atoms with Crippen molar-refractivity contribution in [3.8, 4) is 0 Å². The van der Waals surface area contributed by atoms with E-state index < -0.39 is 0 Å². The third-order valence-electron chi connectivity index (χ3n) is 4.16. The zero-order valence-corrected chi connectivity index (χ0v) is 13.2. The molecule has 5 heteroatoms. The van der Waals surface area contributed by atoms with Gasteiger partial charge in [0.1, 0.15) is 16.9 Å². The first-order chi connectivity index (χ1) is 11.7. The highest BCUT2D eigenvalue weighted by Gasteiger charge is 2.13. The van der Waals surface area contributed by atoms with Crippen molar-refractivity contribution >= 4 is 22.1 Å². The summed E-state index contributed by atoms with van der Waals surface area (Å²) in [5.41, 5.74) is 2.50. The van der Waals surface area contributed by atoms with E-state index in [0.29, 0.717) is 23.5 Å². The molecule has 0 amide bonds. The molecule has 4 aromatic rings. The van der Waals surface area contributed by atoms with Crippen molar-refractivity contribution in [2.24, 2.45) is 0 Å². The molecule has 0 aliphatic heterocycles. The number of hydrogen-bond donors (Lipinski definition) is 2. The van der Waals surface area contributed by atoms with Gasteiger partial charge in [-0.2, -0.15) is 0 Å². The van der Waals surface area contributed by atoms with Crippen LogP contribution in [0.2, 0.25) is 0 Å². The summed E-state index contributed by atoms with van der Waals surface area (Å²) in [5.74, 6) is 0.599. The van der Waals surface area contributed by atoms with Crippen LogP contribution >= 0.6 is 0 Å². The smallest absolute Gasteiger partial charge is 0.294 e. The minimum Gasteiger partial charge on any atom is -0.449 e. The highest BCUT2D eigenvalue weighted by Crippen LogP contribution is 2.24. The van der Waals surface area contributed by atoms with Crippen molar-refractivity contribution < 1.29 is 4.42 Å². The molecule has 120 valence electrons. The molecule has 0 bridgehead atoms. The second-order valence-electron chi connectivity index (χ2n) is 5.80. The number of nitrogens with zero attached hydrogens (tertiary/aromatic N) is 1. The third kappa shape index (κ3) is 2.59. The summed E-state index contributed by atoms with van der Waals surface area (Å²) >= 11 is 0. The zero-order chi connectivity index (χ0) is 16.5. The summed E-state index contributed by atoms with van der Waals surface area (Å²) in [6.07, 6.45) is 0. The van der Waals surface area contributed by atoms with Gasteiger partial charge < -0.3 is 14.7 Å². The number of fused-ring (bicyclic) bond motifs is 3. The van der Waals surface area contributed by atoms with E-state index in [1.54, 1.807) is 0 Å². The van der Waals surface area contributed by atoms with Gasteiger partial charge in [0, 0.05) is 11.4 Å². The summed E-state index contributed by atoms with van der Waals surface area (Å²) < 4.78 is 5.61. The number of furan rings is 1. The van der Waals surface area contributed by atoms with Crippen LogP contribution in [-0.4, -0.2) is 9.97 Å². The van der Waals surface area contributed by atoms with Crippen LogP contribution in [-0.2, 0) is 6.54 Å². The molecule has 4 rings (SSSR count). The molecule has 0 aliphatic carbocycles. The van der Waals surface area contributed by atoms with Gasteiger partial charge in [0.05, 0.1) is 6.54 Å². The Kier molecular flexibility index (Phi) is 3.63. The van der Waals surface area contributed by atoms with Crippen LogP contribution in [0.5, 0.6) is 0 Å². The first-order valence-corrected chi connectivity index (χ1v) is 7.91. The fourth-order valence-electron chi connectivity index (χ4n) is 2.84. The van der Waals surface area contributed by atoms with E-state index in [9.17, 15) is 4.79 Å². The van der Waals surface area contributed by atoms with Crippen LogP contribution in [0.25, 0.3) is 22.1 Å². The van der Waals surface area contributed by atoms with E-state index in [2.05, 4.69) is 34.3 Å². The number of hydrogen-bond acceptors (Lipinski definition) is 4. The first-order valence-electron chi connectivity index (χ1n) is 7.91. The average molecular weight is 319 g/mol. The van der Waals surface area contributed by atoms with Crippen LogP contribution in [0.15, 0.2) is 63.8 Å². The molecule has 1 atom stereocenters. The topological polar surface area (TPSA) is 70.9 Å². The summed E-state index contributed by atoms with van der Waals surface area (Å²) in [5, 5.41) is 4.24. The van der Waals surface area contributed by atoms with Crippen molar-refractivity contribution in [3.05, 3.63) is 76.3 Å². The van der Waals surface area contributed by atoms with E-state index >= 15 is 0 Å². The quantitative estimate of drug-likeness (QED) is 0.604. The summed E-state index contributed by atoms with van der Waals surface area (Å²) in [6, 6.07) is 17.9. The Hall–Kier alpha value is -2.92. The van der Waals surface area contributed by atoms with Crippen LogP contribution < -0.4 is 10.9 Å². The maximum Gasteiger partial charge on any atom is 0.294 e. The van der Waals surface area contributed by atoms with Crippen LogP contribution in [0.1, 0.15) is 24.4 Å². The van der Waals surface area contributed by atoms with E-state index in [-0.39, 0.29) is 17.2 Å². The standard InChI is InChI=1S/C19H17N3O2/c1-12(13-7-3-2-4-8-13)20-11-16-21-17-14-9-5-6-10-15(14)24-18(17)19(23)22-16/h2-10,12,20H,11H2,1H3,(H,21,22,23)/t12-/m0/s1. The maximum absolute atomic E-state index is 12.3. The monoisotopic (exact) mass is 319 g/mol. The molecule has 0 radical (unpaired) electrons. The number of para-hydroxylation sites is 1. The van der Waals surface area contributed by atoms with Crippen LogP contribution in [0.3, 0.4) is 0 Å². The minimum atomic E-state index is -0.250. The Bertz CT molecular complexity index is 1050. The molecule has 5 nitrogen and oxygen atoms in total. The molecule has 2 aromatic carbocycles. The molecule has 0 saturated heterocycles. The minimum absolute atomic E-state index is 0.160. The second-order valence-corrected chi connectivity index (χ2v) is 5.80. The van der Waals surface area contributed by atoms with Crippen LogP contribution in [0, 0.1) is 0 Å². The fraction of sp³-hybridized carbons (Fsp3) is 0.158. The van der Waals surface area contributed by atoms with Crippen molar-refractivity contribution in [3.63, 3.8) is 0 Å². The number of aromatic amines is 1. The lowest BCUT2D eigenvalue weighted by molar-refractivity contribution is 0.558. The molecule has 0 fully saturated rings. The SMILES string of the molecule is C[C@H](NCc1nc2c(oc3ccccc32)c(=O)[nH]1)c1ccccc1. The van der Waals surface area contributed by atoms with Crippen molar-refractivity contribution in [1.29, 1.82) is 0 Å². The number of nitrogens with one attached hydrogen (secondary N) is 2. The van der Waals surface area contributed by atoms with Gasteiger partial charge in [0.15, 0.2) is 0 Å². The Morgan fingerprint density at radius 3 is 2.71 bits per heavy atom. The molecule has 0 saturated carbocycles. The molecule has 2 heterocycles. The molecular weight excluding hydrogens is 302 g/mol. The maximum atomic E-state index is 12.3. The summed E-state index contributed by atoms with van der Waals surface area (Å²) in [6.45, 7) is 2.56. The summed E-state index contributed by atoms with van der Waals surface area (Å²) in [7, 11) is 0. The average Bonchev–Trinajstić information content (AvgIpc) is 3.00. The highest BCUT2D eigenvalue weighted by molar-refractivity contribution is 6.01. The molecule has 2 aromatic heterocycles. The zero-order valence-electron chi connectivity index (χ0n) is 13.2. The van der Waals surface area contributed by atoms with E-state index in [0.717, 1.165) is 5.39 Å². The van der Waals surface area contributed by atoms with Gasteiger partial charge >= 0.3 is 0 Å². The van der Waals surface area contributed by atoms with Crippen molar-refractivity contribution in [1.82, 2.24) is 15.3 Å². The molecule has 0 unspecified atom stereocenters. The lowest BCUT2D eigenvalue weighted by atomic mass is 10.1. The van der Waals surface area contributed by atoms with Gasteiger partial charge in [0.2, 0.25) is 5.58 Å². The predicted octanol–water partition coefficient (Wildman–Crippen LogP) is 3.52. The van der Waals surface area contributed by atoms with Gasteiger partial charge in [-0.15, -0.1) is 0 Å². The van der Waals surface area contributed by atoms with Gasteiger partial charge in [0.25, 0.3) is 5.56 Å². The number of rotatable bonds is 4. The summed E-state index contributed by atoms with van der Waals surface area (Å²) in [4.78, 5) is 19.6. The van der Waals surface area contributed by atoms with E-state index in [1.807, 2.05) is 42.5 Å². The fourth-order valence-corrected chi connectivity index (χ4v) is 2.84. The van der Waals surface area contributed by atoms with Crippen molar-refractivity contribution in [2.45, 2.75) is 19.5 Å². The Balaban J connectivity index is 1.65. The third-order valence-corrected chi connectivity index (χ3v) is 4.16. The van der Waals surface area contributed by atoms with Gasteiger partial charge in [-0.05, 0) is 24.6 Å². The largest absolute Gasteiger partial charge is 0.449 e. The first kappa shape index (κ1) is 14.7. The molecule has 2 N–H and O–H groups in total. The van der Waals surface area contributed by atoms with E-state index in [4.69, 9.17) is 4.42 Å². The normalized spacial score (nSPS) is 12.7. The number of benzene rings is 2. The molecule has 0 aliphatic rings. The van der Waals surface area contributed by atoms with Gasteiger partial charge in [-0.25, -0.2) is 4.98 Å². The van der Waals surface area contributed by atoms with Crippen molar-refractivity contribution in [2.75, 3.05) is 0 Å². The lowest BCUT2D eigenvalue weighted by Crippen LogP contribution is -2.22. The Morgan fingerprint density at radius 2 is 1.88 bits per heavy atom. The lowest BCUT2D eigenvalue weighted by Gasteiger charge is -2.13. The van der Waals surface area contributed by atoms with Gasteiger partial charge in [-0.1, -0.05) is 42.5 Å². The molecular formula is C19H17N3O2. The second kappa shape index (κ2) is 5.94. The Morgan fingerprint density at radius 1 is 1.12 bits per heavy atom. The molecule has 0 spiro atoms. The molecule has 24 heavy (non-hydrogen) atoms. The highest BCUT2D eigenvalue weighted by atomic mass is 16.3. The Labute approximate surface area is 138 Å². The number of H-pyrrole nitrogens is 1. The predicted molar refractivity (Wildman–Crippen MR) is 93.8 cm³/mol. The van der Waals surface area contributed by atoms with E-state index in [1.165, 1.54) is 5.56 Å². The number of aromatic nitrogens is 2.